The van der Waals surface area contributed by atoms with Crippen molar-refractivity contribution in [2.45, 2.75) is 12.8 Å². The molecular weight excluding hydrogens is 232 g/mol. The molecule has 86 valence electrons. The summed E-state index contributed by atoms with van der Waals surface area (Å²) < 4.78 is 25.3. The highest BCUT2D eigenvalue weighted by Crippen LogP contribution is 2.05. The van der Waals surface area contributed by atoms with Crippen LogP contribution >= 0.6 is 11.3 Å². The minimum atomic E-state index is -3.12. The average Bonchev–Trinajstić information content (AvgIpc) is 2.67. The molecule has 1 aromatic rings. The molecule has 0 aliphatic carbocycles. The van der Waals surface area contributed by atoms with E-state index in [4.69, 9.17) is 5.73 Å². The van der Waals surface area contributed by atoms with E-state index < -0.39 is 10.0 Å². The number of nitrogens with two attached hydrogens (primary N) is 1. The molecule has 1 aromatic heterocycles. The second-order valence-electron chi connectivity index (χ2n) is 3.24. The lowest BCUT2D eigenvalue weighted by Crippen LogP contribution is -2.29. The quantitative estimate of drug-likeness (QED) is 0.740. The van der Waals surface area contributed by atoms with Gasteiger partial charge in [-0.15, -0.1) is 0 Å². The van der Waals surface area contributed by atoms with Gasteiger partial charge in [0.15, 0.2) is 0 Å². The van der Waals surface area contributed by atoms with Crippen LogP contribution in [0.2, 0.25) is 0 Å². The Morgan fingerprint density at radius 2 is 2.27 bits per heavy atom. The highest BCUT2D eigenvalue weighted by Gasteiger charge is 2.07. The van der Waals surface area contributed by atoms with Crippen LogP contribution in [0.3, 0.4) is 0 Å². The summed E-state index contributed by atoms with van der Waals surface area (Å²) >= 11 is 1.62. The predicted octanol–water partition coefficient (Wildman–Crippen LogP) is 0.559. The summed E-state index contributed by atoms with van der Waals surface area (Å²) in [6.45, 7) is 0.870. The predicted molar refractivity (Wildman–Crippen MR) is 63.5 cm³/mol. The van der Waals surface area contributed by atoms with Gasteiger partial charge in [0.05, 0.1) is 5.75 Å². The fourth-order valence-corrected chi connectivity index (χ4v) is 2.94. The van der Waals surface area contributed by atoms with Crippen LogP contribution in [-0.2, 0) is 16.4 Å². The first-order valence-electron chi connectivity index (χ1n) is 4.82. The molecule has 0 fully saturated rings. The van der Waals surface area contributed by atoms with Gasteiger partial charge >= 0.3 is 0 Å². The van der Waals surface area contributed by atoms with Gasteiger partial charge in [-0.25, -0.2) is 13.1 Å². The number of sulfonamides is 1. The molecule has 0 aliphatic heterocycles. The Balaban J connectivity index is 2.24. The van der Waals surface area contributed by atoms with Crippen LogP contribution in [0.5, 0.6) is 0 Å². The third-order valence-corrected chi connectivity index (χ3v) is 4.14. The van der Waals surface area contributed by atoms with Crippen LogP contribution in [0.15, 0.2) is 16.8 Å². The third-order valence-electron chi connectivity index (χ3n) is 1.93. The van der Waals surface area contributed by atoms with Gasteiger partial charge in [0.25, 0.3) is 0 Å². The molecule has 0 radical (unpaired) electrons. The summed E-state index contributed by atoms with van der Waals surface area (Å²) in [4.78, 5) is 0. The molecule has 0 aromatic carbocycles. The Labute approximate surface area is 94.5 Å². The zero-order valence-corrected chi connectivity index (χ0v) is 10.1. The van der Waals surface area contributed by atoms with Crippen molar-refractivity contribution in [1.29, 1.82) is 0 Å². The average molecular weight is 248 g/mol. The topological polar surface area (TPSA) is 72.2 Å². The van der Waals surface area contributed by atoms with Crippen molar-refractivity contribution in [1.82, 2.24) is 4.72 Å². The largest absolute Gasteiger partial charge is 0.330 e. The molecule has 1 heterocycles. The smallest absolute Gasteiger partial charge is 0.211 e. The number of hydrogen-bond donors (Lipinski definition) is 2. The van der Waals surface area contributed by atoms with Gasteiger partial charge in [-0.05, 0) is 41.8 Å². The number of nitrogens with one attached hydrogen (secondary N) is 1. The molecule has 0 saturated carbocycles. The monoisotopic (exact) mass is 248 g/mol. The summed E-state index contributed by atoms with van der Waals surface area (Å²) in [6, 6.07) is 2.00. The third kappa shape index (κ3) is 5.27. The summed E-state index contributed by atoms with van der Waals surface area (Å²) in [5.41, 5.74) is 6.42. The molecule has 0 saturated heterocycles. The lowest BCUT2D eigenvalue weighted by Gasteiger charge is -2.04. The first-order chi connectivity index (χ1) is 7.14. The van der Waals surface area contributed by atoms with E-state index in [2.05, 4.69) is 4.72 Å². The second kappa shape index (κ2) is 6.22. The van der Waals surface area contributed by atoms with Crippen molar-refractivity contribution >= 4 is 21.4 Å². The van der Waals surface area contributed by atoms with Crippen molar-refractivity contribution < 1.29 is 8.42 Å². The number of rotatable bonds is 7. The van der Waals surface area contributed by atoms with Gasteiger partial charge < -0.3 is 5.73 Å². The van der Waals surface area contributed by atoms with E-state index in [0.29, 0.717) is 19.5 Å². The molecule has 0 spiro atoms. The van der Waals surface area contributed by atoms with Crippen LogP contribution in [0.4, 0.5) is 0 Å². The van der Waals surface area contributed by atoms with E-state index in [0.717, 1.165) is 6.42 Å². The summed E-state index contributed by atoms with van der Waals surface area (Å²) in [5, 5.41) is 4.01. The zero-order valence-electron chi connectivity index (χ0n) is 8.48. The molecular formula is C9H16N2O2S2. The first kappa shape index (κ1) is 12.6. The van der Waals surface area contributed by atoms with Gasteiger partial charge in [-0.1, -0.05) is 0 Å². The van der Waals surface area contributed by atoms with Crippen molar-refractivity contribution in [3.8, 4) is 0 Å². The minimum Gasteiger partial charge on any atom is -0.330 e. The van der Waals surface area contributed by atoms with Gasteiger partial charge in [0.2, 0.25) is 10.0 Å². The molecule has 15 heavy (non-hydrogen) atoms. The summed E-state index contributed by atoms with van der Waals surface area (Å²) in [5.74, 6) is 0.118. The SMILES string of the molecule is NCCCS(=O)(=O)NCCc1ccsc1. The van der Waals surface area contributed by atoms with Crippen LogP contribution in [0, 0.1) is 0 Å². The maximum Gasteiger partial charge on any atom is 0.211 e. The molecule has 3 N–H and O–H groups in total. The fraction of sp³-hybridized carbons (Fsp3) is 0.556. The summed E-state index contributed by atoms with van der Waals surface area (Å²) in [7, 11) is -3.12. The highest BCUT2D eigenvalue weighted by molar-refractivity contribution is 7.89. The molecule has 4 nitrogen and oxygen atoms in total. The van der Waals surface area contributed by atoms with E-state index in [-0.39, 0.29) is 5.75 Å². The van der Waals surface area contributed by atoms with Crippen LogP contribution in [-0.4, -0.2) is 27.3 Å². The Kier molecular flexibility index (Phi) is 5.24. The Bertz CT molecular complexity index is 359. The van der Waals surface area contributed by atoms with Crippen LogP contribution in [0.25, 0.3) is 0 Å². The molecule has 1 rings (SSSR count). The molecule has 6 heteroatoms. The second-order valence-corrected chi connectivity index (χ2v) is 5.94. The molecule has 0 aliphatic rings. The molecule has 0 amide bonds. The first-order valence-corrected chi connectivity index (χ1v) is 7.42. The maximum absolute atomic E-state index is 11.4. The highest BCUT2D eigenvalue weighted by atomic mass is 32.2. The summed E-state index contributed by atoms with van der Waals surface area (Å²) in [6.07, 6.45) is 1.25. The number of thiophene rings is 1. The minimum absolute atomic E-state index is 0.118. The van der Waals surface area contributed by atoms with Gasteiger partial charge in [0.1, 0.15) is 0 Å². The van der Waals surface area contributed by atoms with Crippen molar-refractivity contribution in [2.75, 3.05) is 18.8 Å². The van der Waals surface area contributed by atoms with E-state index in [9.17, 15) is 8.42 Å². The van der Waals surface area contributed by atoms with Crippen LogP contribution in [0.1, 0.15) is 12.0 Å². The van der Waals surface area contributed by atoms with Gasteiger partial charge in [0, 0.05) is 6.54 Å². The number of hydrogen-bond acceptors (Lipinski definition) is 4. The molecule has 0 atom stereocenters. The van der Waals surface area contributed by atoms with E-state index in [1.165, 1.54) is 5.56 Å². The lowest BCUT2D eigenvalue weighted by atomic mass is 10.2. The zero-order chi connectivity index (χ0) is 11.1. The Hall–Kier alpha value is -0.430. The van der Waals surface area contributed by atoms with Crippen LogP contribution < -0.4 is 10.5 Å². The normalized spacial score (nSPS) is 11.8. The fourth-order valence-electron chi connectivity index (χ4n) is 1.13. The molecule has 0 bridgehead atoms. The molecule has 0 unspecified atom stereocenters. The van der Waals surface area contributed by atoms with Crippen molar-refractivity contribution in [2.24, 2.45) is 5.73 Å². The van der Waals surface area contributed by atoms with Crippen molar-refractivity contribution in [3.05, 3.63) is 22.4 Å². The standard InChI is InChI=1S/C9H16N2O2S2/c10-4-1-7-15(12,13)11-5-2-9-3-6-14-8-9/h3,6,8,11H,1-2,4-5,7,10H2. The maximum atomic E-state index is 11.4. The van der Waals surface area contributed by atoms with E-state index in [1.54, 1.807) is 11.3 Å². The van der Waals surface area contributed by atoms with Gasteiger partial charge in [-0.2, -0.15) is 11.3 Å². The van der Waals surface area contributed by atoms with Crippen molar-refractivity contribution in [3.63, 3.8) is 0 Å². The Morgan fingerprint density at radius 3 is 2.87 bits per heavy atom. The Morgan fingerprint density at radius 1 is 1.47 bits per heavy atom. The lowest BCUT2D eigenvalue weighted by molar-refractivity contribution is 0.579. The van der Waals surface area contributed by atoms with Gasteiger partial charge in [-0.3, -0.25) is 0 Å². The van der Waals surface area contributed by atoms with E-state index in [1.807, 2.05) is 16.8 Å². The van der Waals surface area contributed by atoms with E-state index >= 15 is 0 Å².